The zero-order valence-corrected chi connectivity index (χ0v) is 15.7. The fourth-order valence-corrected chi connectivity index (χ4v) is 5.19. The molecule has 26 heavy (non-hydrogen) atoms. The number of fused-ring (bicyclic) bond motifs is 1. The lowest BCUT2D eigenvalue weighted by Crippen LogP contribution is -2.40. The molecule has 0 bridgehead atoms. The molecule has 0 spiro atoms. The normalized spacial score (nSPS) is 23.0. The van der Waals surface area contributed by atoms with E-state index in [1.165, 1.54) is 6.26 Å². The average molecular weight is 376 g/mol. The van der Waals surface area contributed by atoms with Gasteiger partial charge >= 0.3 is 0 Å². The van der Waals surface area contributed by atoms with E-state index in [0.29, 0.717) is 30.6 Å². The quantitative estimate of drug-likeness (QED) is 0.883. The molecule has 140 valence electrons. The molecule has 2 saturated heterocycles. The van der Waals surface area contributed by atoms with Gasteiger partial charge in [-0.3, -0.25) is 9.89 Å². The summed E-state index contributed by atoms with van der Waals surface area (Å²) in [4.78, 5) is 14.8. The van der Waals surface area contributed by atoms with Gasteiger partial charge in [-0.15, -0.1) is 0 Å². The van der Waals surface area contributed by atoms with Crippen molar-refractivity contribution < 1.29 is 13.2 Å². The fourth-order valence-electron chi connectivity index (χ4n) is 4.31. The van der Waals surface area contributed by atoms with E-state index < -0.39 is 10.0 Å². The van der Waals surface area contributed by atoms with Gasteiger partial charge in [-0.2, -0.15) is 5.10 Å². The van der Waals surface area contributed by atoms with Gasteiger partial charge < -0.3 is 4.90 Å². The van der Waals surface area contributed by atoms with Crippen LogP contribution in [0.2, 0.25) is 0 Å². The lowest BCUT2D eigenvalue weighted by Gasteiger charge is -2.33. The van der Waals surface area contributed by atoms with Crippen LogP contribution in [-0.2, 0) is 10.0 Å². The van der Waals surface area contributed by atoms with E-state index in [0.717, 1.165) is 43.3 Å². The van der Waals surface area contributed by atoms with E-state index in [4.69, 9.17) is 0 Å². The smallest absolute Gasteiger partial charge is 0.275 e. The highest BCUT2D eigenvalue weighted by Gasteiger charge is 2.36. The Morgan fingerprint density at radius 3 is 2.54 bits per heavy atom. The highest BCUT2D eigenvalue weighted by Crippen LogP contribution is 2.33. The van der Waals surface area contributed by atoms with E-state index in [-0.39, 0.29) is 5.91 Å². The standard InChI is InChI=1S/C18H24N4O3S/c1-26(24,25)22-10-7-13(8-11-22)14-6-9-21(12-14)18(23)17-15-4-2-3-5-16(15)19-20-17/h2-5,13-14H,6-12H2,1H3,(H,19,20). The van der Waals surface area contributed by atoms with E-state index in [1.807, 2.05) is 29.2 Å². The molecule has 1 N–H and O–H groups in total. The van der Waals surface area contributed by atoms with Crippen LogP contribution < -0.4 is 0 Å². The number of nitrogens with zero attached hydrogens (tertiary/aromatic N) is 3. The van der Waals surface area contributed by atoms with E-state index >= 15 is 0 Å². The molecule has 1 atom stereocenters. The summed E-state index contributed by atoms with van der Waals surface area (Å²) in [7, 11) is -3.09. The lowest BCUT2D eigenvalue weighted by atomic mass is 9.84. The number of hydrogen-bond donors (Lipinski definition) is 1. The Labute approximate surface area is 153 Å². The number of H-pyrrole nitrogens is 1. The Balaban J connectivity index is 1.40. The minimum Gasteiger partial charge on any atom is -0.337 e. The first-order valence-corrected chi connectivity index (χ1v) is 11.0. The minimum absolute atomic E-state index is 0.0153. The highest BCUT2D eigenvalue weighted by atomic mass is 32.2. The van der Waals surface area contributed by atoms with Gasteiger partial charge in [-0.1, -0.05) is 18.2 Å². The second kappa shape index (κ2) is 6.66. The Kier molecular flexibility index (Phi) is 4.48. The number of benzene rings is 1. The Hall–Kier alpha value is -1.93. The third-order valence-electron chi connectivity index (χ3n) is 5.82. The summed E-state index contributed by atoms with van der Waals surface area (Å²) in [6.07, 6.45) is 4.02. The SMILES string of the molecule is CS(=O)(=O)N1CCC(C2CCN(C(=O)c3n[nH]c4ccccc34)C2)CC1. The van der Waals surface area contributed by atoms with E-state index in [1.54, 1.807) is 4.31 Å². The third kappa shape index (κ3) is 3.23. The summed E-state index contributed by atoms with van der Waals surface area (Å²) in [5.74, 6) is 0.922. The third-order valence-corrected chi connectivity index (χ3v) is 7.12. The number of aromatic nitrogens is 2. The molecule has 1 aromatic heterocycles. The van der Waals surface area contributed by atoms with Gasteiger partial charge in [0.2, 0.25) is 10.0 Å². The average Bonchev–Trinajstić information content (AvgIpc) is 3.28. The van der Waals surface area contributed by atoms with Crippen molar-refractivity contribution in [1.29, 1.82) is 0 Å². The zero-order chi connectivity index (χ0) is 18.3. The minimum atomic E-state index is -3.09. The summed E-state index contributed by atoms with van der Waals surface area (Å²) in [5.41, 5.74) is 1.37. The number of carbonyl (C=O) groups excluding carboxylic acids is 1. The van der Waals surface area contributed by atoms with Crippen molar-refractivity contribution in [2.24, 2.45) is 11.8 Å². The number of nitrogens with one attached hydrogen (secondary N) is 1. The molecule has 1 unspecified atom stereocenters. The molecule has 2 aliphatic heterocycles. The monoisotopic (exact) mass is 376 g/mol. The predicted octanol–water partition coefficient (Wildman–Crippen LogP) is 1.70. The van der Waals surface area contributed by atoms with Gasteiger partial charge in [0.1, 0.15) is 0 Å². The molecule has 3 heterocycles. The summed E-state index contributed by atoms with van der Waals surface area (Å²) in [5, 5.41) is 8.01. The molecule has 0 aliphatic carbocycles. The van der Waals surface area contributed by atoms with Gasteiger partial charge in [0.05, 0.1) is 11.8 Å². The molecule has 2 fully saturated rings. The Morgan fingerprint density at radius 1 is 1.12 bits per heavy atom. The lowest BCUT2D eigenvalue weighted by molar-refractivity contribution is 0.0774. The zero-order valence-electron chi connectivity index (χ0n) is 14.9. The number of hydrogen-bond acceptors (Lipinski definition) is 4. The second-order valence-electron chi connectivity index (χ2n) is 7.42. The fraction of sp³-hybridized carbons (Fsp3) is 0.556. The number of piperidine rings is 1. The van der Waals surface area contributed by atoms with Crippen LogP contribution in [0.5, 0.6) is 0 Å². The number of carbonyl (C=O) groups is 1. The van der Waals surface area contributed by atoms with Gasteiger partial charge in [0.25, 0.3) is 5.91 Å². The first-order valence-electron chi connectivity index (χ1n) is 9.11. The maximum absolute atomic E-state index is 12.9. The molecule has 8 heteroatoms. The molecule has 0 radical (unpaired) electrons. The molecule has 7 nitrogen and oxygen atoms in total. The van der Waals surface area contributed by atoms with Crippen LogP contribution in [-0.4, -0.2) is 66.2 Å². The van der Waals surface area contributed by atoms with Gasteiger partial charge in [0.15, 0.2) is 5.69 Å². The van der Waals surface area contributed by atoms with Crippen LogP contribution in [0.1, 0.15) is 29.8 Å². The van der Waals surface area contributed by atoms with Crippen molar-refractivity contribution in [2.75, 3.05) is 32.4 Å². The summed E-state index contributed by atoms with van der Waals surface area (Å²) in [6.45, 7) is 2.68. The number of aromatic amines is 1. The van der Waals surface area contributed by atoms with E-state index in [2.05, 4.69) is 10.2 Å². The van der Waals surface area contributed by atoms with Crippen LogP contribution in [0.25, 0.3) is 10.9 Å². The van der Waals surface area contributed by atoms with Crippen molar-refractivity contribution in [3.63, 3.8) is 0 Å². The molecule has 0 saturated carbocycles. The number of rotatable bonds is 3. The number of sulfonamides is 1. The van der Waals surface area contributed by atoms with Crippen LogP contribution in [0, 0.1) is 11.8 Å². The highest BCUT2D eigenvalue weighted by molar-refractivity contribution is 7.88. The molecule has 2 aromatic rings. The number of para-hydroxylation sites is 1. The first-order chi connectivity index (χ1) is 12.4. The van der Waals surface area contributed by atoms with Gasteiger partial charge in [0, 0.05) is 31.6 Å². The van der Waals surface area contributed by atoms with Crippen molar-refractivity contribution in [3.8, 4) is 0 Å². The first kappa shape index (κ1) is 17.5. The predicted molar refractivity (Wildman–Crippen MR) is 99.2 cm³/mol. The van der Waals surface area contributed by atoms with Crippen LogP contribution in [0.4, 0.5) is 0 Å². The van der Waals surface area contributed by atoms with Crippen LogP contribution >= 0.6 is 0 Å². The molecular weight excluding hydrogens is 352 g/mol. The largest absolute Gasteiger partial charge is 0.337 e. The van der Waals surface area contributed by atoms with Crippen molar-refractivity contribution in [2.45, 2.75) is 19.3 Å². The topological polar surface area (TPSA) is 86.4 Å². The van der Waals surface area contributed by atoms with Crippen LogP contribution in [0.3, 0.4) is 0 Å². The Morgan fingerprint density at radius 2 is 1.81 bits per heavy atom. The Bertz CT molecular complexity index is 915. The number of likely N-dealkylation sites (tertiary alicyclic amines) is 1. The number of amides is 1. The van der Waals surface area contributed by atoms with Gasteiger partial charge in [-0.05, 0) is 37.2 Å². The van der Waals surface area contributed by atoms with Crippen molar-refractivity contribution in [1.82, 2.24) is 19.4 Å². The molecule has 2 aliphatic rings. The molecular formula is C18H24N4O3S. The van der Waals surface area contributed by atoms with Crippen molar-refractivity contribution >= 4 is 26.8 Å². The second-order valence-corrected chi connectivity index (χ2v) is 9.40. The van der Waals surface area contributed by atoms with Crippen LogP contribution in [0.15, 0.2) is 24.3 Å². The van der Waals surface area contributed by atoms with E-state index in [9.17, 15) is 13.2 Å². The summed E-state index contributed by atoms with van der Waals surface area (Å²) in [6, 6.07) is 7.67. The molecule has 4 rings (SSSR count). The van der Waals surface area contributed by atoms with Crippen molar-refractivity contribution in [3.05, 3.63) is 30.0 Å². The maximum Gasteiger partial charge on any atom is 0.275 e. The summed E-state index contributed by atoms with van der Waals surface area (Å²) >= 11 is 0. The van der Waals surface area contributed by atoms with Gasteiger partial charge in [-0.25, -0.2) is 12.7 Å². The molecule has 1 aromatic carbocycles. The molecule has 1 amide bonds. The summed E-state index contributed by atoms with van der Waals surface area (Å²) < 4.78 is 24.9. The maximum atomic E-state index is 12.9.